The van der Waals surface area contributed by atoms with E-state index >= 15 is 0 Å². The van der Waals surface area contributed by atoms with E-state index in [0.29, 0.717) is 13.2 Å². The number of nitrogens with zero attached hydrogens (tertiary/aromatic N) is 1. The van der Waals surface area contributed by atoms with Gasteiger partial charge in [-0.2, -0.15) is 0 Å². The first kappa shape index (κ1) is 23.9. The van der Waals surface area contributed by atoms with Crippen LogP contribution < -0.4 is 0 Å². The van der Waals surface area contributed by atoms with Crippen molar-refractivity contribution >= 4 is 19.2 Å². The molecular formula is C30H31NO2Si. The average molecular weight is 466 g/mol. The van der Waals surface area contributed by atoms with Crippen molar-refractivity contribution in [2.75, 3.05) is 13.2 Å². The molecule has 1 saturated heterocycles. The number of hydrogen-bond donors (Lipinski definition) is 0. The van der Waals surface area contributed by atoms with Crippen LogP contribution in [-0.4, -0.2) is 26.3 Å². The van der Waals surface area contributed by atoms with Gasteiger partial charge < -0.3 is 9.47 Å². The summed E-state index contributed by atoms with van der Waals surface area (Å²) >= 11 is 0. The molecule has 0 aliphatic carbocycles. The SMILES string of the molecule is CC(=C=C(c1ccccc1)c1cccc(C2OCCCO2)n1)c1ccc(C#C[Si](C)(C)C)cc1. The second-order valence-corrected chi connectivity index (χ2v) is 14.2. The van der Waals surface area contributed by atoms with Gasteiger partial charge in [0.2, 0.25) is 6.29 Å². The Morgan fingerprint density at radius 2 is 1.56 bits per heavy atom. The minimum absolute atomic E-state index is 0.416. The molecule has 172 valence electrons. The third-order valence-electron chi connectivity index (χ3n) is 5.37. The van der Waals surface area contributed by atoms with Crippen LogP contribution >= 0.6 is 0 Å². The van der Waals surface area contributed by atoms with Crippen LogP contribution in [0.3, 0.4) is 0 Å². The zero-order chi connectivity index (χ0) is 24.0. The molecule has 0 saturated carbocycles. The fourth-order valence-corrected chi connectivity index (χ4v) is 4.11. The Kier molecular flexibility index (Phi) is 7.62. The minimum Gasteiger partial charge on any atom is -0.347 e. The second kappa shape index (κ2) is 10.8. The number of pyridine rings is 1. The molecule has 0 N–H and O–H groups in total. The van der Waals surface area contributed by atoms with Gasteiger partial charge in [-0.1, -0.05) is 74.1 Å². The van der Waals surface area contributed by atoms with Gasteiger partial charge in [-0.25, -0.2) is 4.98 Å². The number of rotatable bonds is 4. The smallest absolute Gasteiger partial charge is 0.201 e. The van der Waals surface area contributed by atoms with Crippen LogP contribution in [0, 0.1) is 11.5 Å². The monoisotopic (exact) mass is 465 g/mol. The molecular weight excluding hydrogens is 434 g/mol. The van der Waals surface area contributed by atoms with E-state index in [0.717, 1.165) is 45.6 Å². The van der Waals surface area contributed by atoms with Crippen molar-refractivity contribution in [3.05, 3.63) is 107 Å². The van der Waals surface area contributed by atoms with Crippen molar-refractivity contribution in [2.45, 2.75) is 39.3 Å². The van der Waals surface area contributed by atoms with Gasteiger partial charge in [0, 0.05) is 11.1 Å². The Bertz CT molecular complexity index is 1250. The highest BCUT2D eigenvalue weighted by Gasteiger charge is 2.19. The molecule has 0 bridgehead atoms. The van der Waals surface area contributed by atoms with Crippen LogP contribution in [0.4, 0.5) is 0 Å². The molecule has 1 fully saturated rings. The molecule has 3 aromatic rings. The number of ether oxygens (including phenoxy) is 2. The van der Waals surface area contributed by atoms with Gasteiger partial charge in [0.05, 0.1) is 24.6 Å². The van der Waals surface area contributed by atoms with E-state index < -0.39 is 14.4 Å². The maximum absolute atomic E-state index is 5.78. The van der Waals surface area contributed by atoms with Gasteiger partial charge >= 0.3 is 0 Å². The topological polar surface area (TPSA) is 31.4 Å². The van der Waals surface area contributed by atoms with Crippen molar-refractivity contribution in [1.82, 2.24) is 4.98 Å². The molecule has 0 amide bonds. The minimum atomic E-state index is -1.40. The molecule has 4 heteroatoms. The zero-order valence-electron chi connectivity index (χ0n) is 20.4. The molecule has 1 aliphatic rings. The summed E-state index contributed by atoms with van der Waals surface area (Å²) in [6, 6.07) is 24.7. The largest absolute Gasteiger partial charge is 0.347 e. The summed E-state index contributed by atoms with van der Waals surface area (Å²) in [5, 5.41) is 0. The Labute approximate surface area is 204 Å². The van der Waals surface area contributed by atoms with E-state index in [-0.39, 0.29) is 0 Å². The Balaban J connectivity index is 1.74. The van der Waals surface area contributed by atoms with Crippen LogP contribution in [0.5, 0.6) is 0 Å². The van der Waals surface area contributed by atoms with Gasteiger partial charge in [-0.3, -0.25) is 0 Å². The molecule has 34 heavy (non-hydrogen) atoms. The lowest BCUT2D eigenvalue weighted by Gasteiger charge is -2.23. The van der Waals surface area contributed by atoms with Gasteiger partial charge in [-0.15, -0.1) is 11.3 Å². The molecule has 1 aromatic heterocycles. The van der Waals surface area contributed by atoms with Crippen molar-refractivity contribution in [2.24, 2.45) is 0 Å². The fraction of sp³-hybridized carbons (Fsp3) is 0.267. The second-order valence-electron chi connectivity index (χ2n) is 9.44. The lowest BCUT2D eigenvalue weighted by atomic mass is 9.99. The number of hydrogen-bond acceptors (Lipinski definition) is 3. The fourth-order valence-electron chi connectivity index (χ4n) is 3.59. The predicted molar refractivity (Wildman–Crippen MR) is 142 cm³/mol. The van der Waals surface area contributed by atoms with Crippen LogP contribution in [-0.2, 0) is 9.47 Å². The lowest BCUT2D eigenvalue weighted by Crippen LogP contribution is -2.19. The predicted octanol–water partition coefficient (Wildman–Crippen LogP) is 6.88. The normalized spacial score (nSPS) is 14.0. The molecule has 0 atom stereocenters. The van der Waals surface area contributed by atoms with Crippen molar-refractivity contribution in [1.29, 1.82) is 0 Å². The van der Waals surface area contributed by atoms with Crippen LogP contribution in [0.2, 0.25) is 19.6 Å². The lowest BCUT2D eigenvalue weighted by molar-refractivity contribution is -0.185. The highest BCUT2D eigenvalue weighted by Crippen LogP contribution is 2.27. The number of benzene rings is 2. The van der Waals surface area contributed by atoms with E-state index in [1.54, 1.807) is 0 Å². The Morgan fingerprint density at radius 1 is 0.853 bits per heavy atom. The Morgan fingerprint density at radius 3 is 2.24 bits per heavy atom. The molecule has 2 aromatic carbocycles. The quantitative estimate of drug-likeness (QED) is 0.239. The summed E-state index contributed by atoms with van der Waals surface area (Å²) in [6.45, 7) is 10.2. The van der Waals surface area contributed by atoms with Gasteiger partial charge in [-0.05, 0) is 54.3 Å². The maximum atomic E-state index is 5.78. The van der Waals surface area contributed by atoms with E-state index in [4.69, 9.17) is 14.5 Å². The van der Waals surface area contributed by atoms with Crippen molar-refractivity contribution < 1.29 is 9.47 Å². The van der Waals surface area contributed by atoms with Crippen LogP contribution in [0.15, 0.2) is 78.5 Å². The summed E-state index contributed by atoms with van der Waals surface area (Å²) < 4.78 is 11.6. The van der Waals surface area contributed by atoms with Gasteiger partial charge in [0.15, 0.2) is 0 Å². The number of allylic oxidation sites excluding steroid dienone is 1. The zero-order valence-corrected chi connectivity index (χ0v) is 21.4. The van der Waals surface area contributed by atoms with Crippen molar-refractivity contribution in [3.63, 3.8) is 0 Å². The molecule has 3 nitrogen and oxygen atoms in total. The highest BCUT2D eigenvalue weighted by atomic mass is 28.3. The summed E-state index contributed by atoms with van der Waals surface area (Å²) in [4.78, 5) is 4.90. The first-order valence-electron chi connectivity index (χ1n) is 11.8. The third kappa shape index (κ3) is 6.44. The third-order valence-corrected chi connectivity index (χ3v) is 6.25. The molecule has 1 aliphatic heterocycles. The average Bonchev–Trinajstić information content (AvgIpc) is 2.87. The van der Waals surface area contributed by atoms with E-state index in [2.05, 4.69) is 80.2 Å². The highest BCUT2D eigenvalue weighted by molar-refractivity contribution is 6.83. The molecule has 0 unspecified atom stereocenters. The molecule has 0 spiro atoms. The van der Waals surface area contributed by atoms with Gasteiger partial charge in [0.25, 0.3) is 0 Å². The molecule has 0 radical (unpaired) electrons. The summed E-state index contributed by atoms with van der Waals surface area (Å²) in [5.41, 5.74) is 13.9. The summed E-state index contributed by atoms with van der Waals surface area (Å²) in [7, 11) is -1.40. The van der Waals surface area contributed by atoms with Gasteiger partial charge in [0.1, 0.15) is 8.07 Å². The molecule has 4 rings (SSSR count). The standard InChI is InChI=1S/C30H31NO2Si/c1-23(25-16-14-24(15-17-25)18-21-34(2,3)4)22-27(26-10-6-5-7-11-26)28-12-8-13-29(31-28)30-32-19-9-20-33-30/h5-8,10-17,30H,9,19-20H2,1-4H3. The van der Waals surface area contributed by atoms with E-state index in [9.17, 15) is 0 Å². The summed E-state index contributed by atoms with van der Waals surface area (Å²) in [5.74, 6) is 3.32. The first-order chi connectivity index (χ1) is 16.4. The van der Waals surface area contributed by atoms with E-state index in [1.165, 1.54) is 0 Å². The maximum Gasteiger partial charge on any atom is 0.201 e. The first-order valence-corrected chi connectivity index (χ1v) is 15.3. The van der Waals surface area contributed by atoms with Crippen LogP contribution in [0.25, 0.3) is 11.1 Å². The van der Waals surface area contributed by atoms with Crippen LogP contribution in [0.1, 0.15) is 47.7 Å². The van der Waals surface area contributed by atoms with Crippen molar-refractivity contribution in [3.8, 4) is 11.5 Å². The summed E-state index contributed by atoms with van der Waals surface area (Å²) in [6.07, 6.45) is 0.496. The molecule has 2 heterocycles. The number of aromatic nitrogens is 1. The Hall–Kier alpha value is -3.19. The van der Waals surface area contributed by atoms with E-state index in [1.807, 2.05) is 36.4 Å².